The molecule has 0 spiro atoms. The fourth-order valence-corrected chi connectivity index (χ4v) is 4.90. The molecule has 1 saturated heterocycles. The van der Waals surface area contributed by atoms with Crippen LogP contribution in [0, 0.1) is 0 Å². The van der Waals surface area contributed by atoms with Crippen molar-refractivity contribution >= 4 is 33.3 Å². The zero-order valence-corrected chi connectivity index (χ0v) is 19.5. The average Bonchev–Trinajstić information content (AvgIpc) is 2.93. The largest absolute Gasteiger partial charge is 0.352 e. The summed E-state index contributed by atoms with van der Waals surface area (Å²) >= 11 is 0. The Labute approximate surface area is 204 Å². The van der Waals surface area contributed by atoms with E-state index in [2.05, 4.69) is 69.7 Å². The third kappa shape index (κ3) is 4.33. The van der Waals surface area contributed by atoms with Gasteiger partial charge in [0.1, 0.15) is 0 Å². The summed E-state index contributed by atoms with van der Waals surface area (Å²) in [6.45, 7) is 2.89. The predicted octanol–water partition coefficient (Wildman–Crippen LogP) is 5.34. The normalized spacial score (nSPS) is 13.9. The van der Waals surface area contributed by atoms with Gasteiger partial charge in [0.2, 0.25) is 5.91 Å². The molecule has 0 atom stereocenters. The molecule has 35 heavy (non-hydrogen) atoms. The van der Waals surface area contributed by atoms with E-state index < -0.39 is 0 Å². The molecule has 0 unspecified atom stereocenters. The topological polar surface area (TPSA) is 49.3 Å². The number of amides is 1. The lowest BCUT2D eigenvalue weighted by Gasteiger charge is -2.35. The first-order valence-electron chi connectivity index (χ1n) is 12.1. The van der Waals surface area contributed by atoms with Gasteiger partial charge in [0.15, 0.2) is 5.82 Å². The zero-order chi connectivity index (χ0) is 23.6. The second kappa shape index (κ2) is 9.18. The van der Waals surface area contributed by atoms with Crippen molar-refractivity contribution in [2.75, 3.05) is 31.1 Å². The predicted molar refractivity (Wildman–Crippen MR) is 141 cm³/mol. The Balaban J connectivity index is 1.10. The van der Waals surface area contributed by atoms with Crippen molar-refractivity contribution in [3.05, 3.63) is 103 Å². The summed E-state index contributed by atoms with van der Waals surface area (Å²) < 4.78 is 0. The number of aromatic nitrogens is 2. The van der Waals surface area contributed by atoms with E-state index in [4.69, 9.17) is 0 Å². The smallest absolute Gasteiger partial charge is 0.227 e. The molecule has 5 nitrogen and oxygen atoms in total. The minimum Gasteiger partial charge on any atom is -0.352 e. The number of piperazine rings is 1. The quantitative estimate of drug-likeness (QED) is 0.365. The number of benzene rings is 4. The Bertz CT molecular complexity index is 1500. The van der Waals surface area contributed by atoms with Crippen LogP contribution in [0.5, 0.6) is 0 Å². The number of carbonyl (C=O) groups is 1. The molecule has 0 bridgehead atoms. The first-order chi connectivity index (χ1) is 17.2. The molecule has 1 aromatic heterocycles. The highest BCUT2D eigenvalue weighted by molar-refractivity contribution is 5.90. The van der Waals surface area contributed by atoms with E-state index in [0.717, 1.165) is 41.1 Å². The summed E-state index contributed by atoms with van der Waals surface area (Å²) in [5.41, 5.74) is 3.01. The molecule has 5 heteroatoms. The monoisotopic (exact) mass is 458 g/mol. The first-order valence-corrected chi connectivity index (χ1v) is 12.1. The molecule has 2 heterocycles. The van der Waals surface area contributed by atoms with Crippen molar-refractivity contribution < 1.29 is 4.79 Å². The summed E-state index contributed by atoms with van der Waals surface area (Å²) in [6.07, 6.45) is 0.432. The van der Waals surface area contributed by atoms with Gasteiger partial charge in [0.25, 0.3) is 0 Å². The lowest BCUT2D eigenvalue weighted by molar-refractivity contribution is -0.130. The van der Waals surface area contributed by atoms with E-state index in [1.165, 1.54) is 16.2 Å². The number of fused-ring (bicyclic) bond motifs is 2. The SMILES string of the molecule is O=C(Cc1cccc2ccccc12)N1CCN(c2ccc(-c3ccc4ccccc4c3)nn2)CC1. The standard InChI is InChI=1S/C30H26N4O/c35-30(21-25-10-5-9-23-7-3-4-11-27(23)25)34-18-16-33(17-19-34)29-15-14-28(31-32-29)26-13-12-22-6-1-2-8-24(22)20-26/h1-15,20H,16-19,21H2. The summed E-state index contributed by atoms with van der Waals surface area (Å²) in [5.74, 6) is 1.04. The summed E-state index contributed by atoms with van der Waals surface area (Å²) in [5, 5.41) is 13.7. The van der Waals surface area contributed by atoms with Crippen LogP contribution in [0.4, 0.5) is 5.82 Å². The van der Waals surface area contributed by atoms with Gasteiger partial charge in [-0.3, -0.25) is 4.79 Å². The van der Waals surface area contributed by atoms with E-state index >= 15 is 0 Å². The van der Waals surface area contributed by atoms with Crippen LogP contribution in [0.3, 0.4) is 0 Å². The van der Waals surface area contributed by atoms with Crippen LogP contribution in [0.25, 0.3) is 32.8 Å². The van der Waals surface area contributed by atoms with Gasteiger partial charge in [-0.05, 0) is 45.3 Å². The molecule has 6 rings (SSSR count). The zero-order valence-electron chi connectivity index (χ0n) is 19.5. The number of rotatable bonds is 4. The molecule has 1 amide bonds. The highest BCUT2D eigenvalue weighted by Crippen LogP contribution is 2.24. The minimum atomic E-state index is 0.179. The number of anilines is 1. The van der Waals surface area contributed by atoms with Crippen LogP contribution in [0.2, 0.25) is 0 Å². The van der Waals surface area contributed by atoms with Crippen LogP contribution in [-0.4, -0.2) is 47.2 Å². The third-order valence-electron chi connectivity index (χ3n) is 6.87. The Morgan fingerprint density at radius 1 is 0.686 bits per heavy atom. The fourth-order valence-electron chi connectivity index (χ4n) is 4.90. The maximum atomic E-state index is 13.0. The third-order valence-corrected chi connectivity index (χ3v) is 6.87. The molecule has 0 aliphatic carbocycles. The lowest BCUT2D eigenvalue weighted by Crippen LogP contribution is -2.49. The summed E-state index contributed by atoms with van der Waals surface area (Å²) in [6, 6.07) is 33.2. The maximum absolute atomic E-state index is 13.0. The van der Waals surface area contributed by atoms with Gasteiger partial charge >= 0.3 is 0 Å². The summed E-state index contributed by atoms with van der Waals surface area (Å²) in [4.78, 5) is 17.2. The molecule has 1 aliphatic heterocycles. The van der Waals surface area contributed by atoms with Crippen molar-refractivity contribution in [3.8, 4) is 11.3 Å². The molecule has 0 saturated carbocycles. The molecule has 4 aromatic carbocycles. The Hall–Kier alpha value is -4.25. The second-order valence-electron chi connectivity index (χ2n) is 9.02. The van der Waals surface area contributed by atoms with E-state index in [9.17, 15) is 4.79 Å². The fraction of sp³-hybridized carbons (Fsp3) is 0.167. The Kier molecular flexibility index (Phi) is 5.59. The Morgan fingerprint density at radius 2 is 1.43 bits per heavy atom. The Morgan fingerprint density at radius 3 is 2.23 bits per heavy atom. The molecule has 0 N–H and O–H groups in total. The van der Waals surface area contributed by atoms with Gasteiger partial charge in [-0.25, -0.2) is 0 Å². The molecule has 1 aliphatic rings. The van der Waals surface area contributed by atoms with Gasteiger partial charge in [-0.15, -0.1) is 10.2 Å². The molecule has 172 valence electrons. The van der Waals surface area contributed by atoms with Gasteiger partial charge in [-0.1, -0.05) is 78.9 Å². The van der Waals surface area contributed by atoms with Gasteiger partial charge in [0.05, 0.1) is 12.1 Å². The number of carbonyl (C=O) groups excluding carboxylic acids is 1. The van der Waals surface area contributed by atoms with E-state index in [0.29, 0.717) is 19.5 Å². The van der Waals surface area contributed by atoms with Crippen LogP contribution < -0.4 is 4.90 Å². The van der Waals surface area contributed by atoms with Crippen molar-refractivity contribution in [1.82, 2.24) is 15.1 Å². The second-order valence-corrected chi connectivity index (χ2v) is 9.02. The van der Waals surface area contributed by atoms with E-state index in [1.807, 2.05) is 47.4 Å². The van der Waals surface area contributed by atoms with Gasteiger partial charge < -0.3 is 9.80 Å². The van der Waals surface area contributed by atoms with Crippen LogP contribution in [0.15, 0.2) is 97.1 Å². The maximum Gasteiger partial charge on any atom is 0.227 e. The number of hydrogen-bond acceptors (Lipinski definition) is 4. The van der Waals surface area contributed by atoms with Crippen molar-refractivity contribution in [2.45, 2.75) is 6.42 Å². The van der Waals surface area contributed by atoms with Gasteiger partial charge in [-0.2, -0.15) is 0 Å². The van der Waals surface area contributed by atoms with Gasteiger partial charge in [0, 0.05) is 31.7 Å². The van der Waals surface area contributed by atoms with E-state index in [-0.39, 0.29) is 5.91 Å². The molecular weight excluding hydrogens is 432 g/mol. The first kappa shape index (κ1) is 21.3. The highest BCUT2D eigenvalue weighted by atomic mass is 16.2. The molecule has 5 aromatic rings. The highest BCUT2D eigenvalue weighted by Gasteiger charge is 2.22. The lowest BCUT2D eigenvalue weighted by atomic mass is 10.0. The van der Waals surface area contributed by atoms with Crippen LogP contribution in [-0.2, 0) is 11.2 Å². The number of hydrogen-bond donors (Lipinski definition) is 0. The van der Waals surface area contributed by atoms with Crippen molar-refractivity contribution in [1.29, 1.82) is 0 Å². The van der Waals surface area contributed by atoms with E-state index in [1.54, 1.807) is 0 Å². The van der Waals surface area contributed by atoms with Crippen molar-refractivity contribution in [3.63, 3.8) is 0 Å². The number of nitrogens with zero attached hydrogens (tertiary/aromatic N) is 4. The average molecular weight is 459 g/mol. The summed E-state index contributed by atoms with van der Waals surface area (Å²) in [7, 11) is 0. The minimum absolute atomic E-state index is 0.179. The van der Waals surface area contributed by atoms with Crippen LogP contribution in [0.1, 0.15) is 5.56 Å². The van der Waals surface area contributed by atoms with Crippen molar-refractivity contribution in [2.24, 2.45) is 0 Å². The molecule has 1 fully saturated rings. The molecule has 0 radical (unpaired) electrons. The van der Waals surface area contributed by atoms with Crippen LogP contribution >= 0.6 is 0 Å². The molecular formula is C30H26N4O.